The minimum absolute atomic E-state index is 0.252. The van der Waals surface area contributed by atoms with E-state index >= 15 is 0 Å². The van der Waals surface area contributed by atoms with Gasteiger partial charge in [-0.25, -0.2) is 8.42 Å². The quantitative estimate of drug-likeness (QED) is 0.835. The van der Waals surface area contributed by atoms with E-state index in [0.29, 0.717) is 5.69 Å². The molecule has 1 aromatic carbocycles. The molecule has 4 nitrogen and oxygen atoms in total. The van der Waals surface area contributed by atoms with Gasteiger partial charge in [-0.2, -0.15) is 11.8 Å². The normalized spacial score (nSPS) is 23.5. The van der Waals surface area contributed by atoms with E-state index in [9.17, 15) is 8.42 Å². The summed E-state index contributed by atoms with van der Waals surface area (Å²) < 4.78 is 23.1. The summed E-state index contributed by atoms with van der Waals surface area (Å²) in [4.78, 5) is 0.261. The molecule has 1 aromatic rings. The highest BCUT2D eigenvalue weighted by Gasteiger charge is 2.29. The fraction of sp³-hybridized carbons (Fsp3) is 0.538. The summed E-state index contributed by atoms with van der Waals surface area (Å²) in [6, 6.07) is 4.86. The molecule has 1 atom stereocenters. The van der Waals surface area contributed by atoms with Crippen molar-refractivity contribution >= 4 is 33.0 Å². The number of hydrogen-bond donors (Lipinski definition) is 2. The van der Waals surface area contributed by atoms with Gasteiger partial charge in [-0.15, -0.1) is 0 Å². The minimum atomic E-state index is -3.20. The van der Waals surface area contributed by atoms with Gasteiger partial charge in [0.05, 0.1) is 16.3 Å². The van der Waals surface area contributed by atoms with Crippen molar-refractivity contribution in [2.24, 2.45) is 0 Å². The number of hydrogen-bond acceptors (Lipinski definition) is 5. The third-order valence-electron chi connectivity index (χ3n) is 3.40. The molecule has 1 heterocycles. The molecule has 2 rings (SSSR count). The van der Waals surface area contributed by atoms with Crippen molar-refractivity contribution in [2.45, 2.75) is 29.4 Å². The van der Waals surface area contributed by atoms with Gasteiger partial charge in [0.15, 0.2) is 9.84 Å². The highest BCUT2D eigenvalue weighted by Crippen LogP contribution is 2.38. The fourth-order valence-electron chi connectivity index (χ4n) is 2.19. The van der Waals surface area contributed by atoms with E-state index in [4.69, 9.17) is 5.73 Å². The van der Waals surface area contributed by atoms with Crippen molar-refractivity contribution in [3.8, 4) is 0 Å². The molecule has 106 valence electrons. The molecule has 1 fully saturated rings. The Hall–Kier alpha value is -0.880. The van der Waals surface area contributed by atoms with Gasteiger partial charge in [-0.1, -0.05) is 0 Å². The summed E-state index contributed by atoms with van der Waals surface area (Å²) in [5, 5.41) is 3.33. The summed E-state index contributed by atoms with van der Waals surface area (Å²) in [6.45, 7) is 3.10. The number of rotatable bonds is 4. The lowest BCUT2D eigenvalue weighted by Gasteiger charge is -2.24. The number of anilines is 2. The second kappa shape index (κ2) is 5.25. The van der Waals surface area contributed by atoms with Crippen LogP contribution in [0.3, 0.4) is 0 Å². The summed E-state index contributed by atoms with van der Waals surface area (Å²) >= 11 is 1.98. The van der Waals surface area contributed by atoms with Crippen LogP contribution < -0.4 is 11.1 Å². The Morgan fingerprint density at radius 1 is 1.47 bits per heavy atom. The molecule has 0 bridgehead atoms. The summed E-state index contributed by atoms with van der Waals surface area (Å²) in [7, 11) is -3.20. The van der Waals surface area contributed by atoms with Crippen molar-refractivity contribution in [3.63, 3.8) is 0 Å². The summed E-state index contributed by atoms with van der Waals surface area (Å²) in [5.41, 5.74) is 7.20. The van der Waals surface area contributed by atoms with Crippen LogP contribution in [0.4, 0.5) is 11.4 Å². The van der Waals surface area contributed by atoms with Crippen LogP contribution in [0.2, 0.25) is 0 Å². The molecule has 1 aliphatic rings. The predicted molar refractivity (Wildman–Crippen MR) is 82.6 cm³/mol. The van der Waals surface area contributed by atoms with Crippen LogP contribution in [0.15, 0.2) is 23.1 Å². The first-order valence-corrected chi connectivity index (χ1v) is 9.15. The molecule has 1 aliphatic heterocycles. The molecule has 0 saturated carbocycles. The van der Waals surface area contributed by atoms with E-state index in [1.807, 2.05) is 11.8 Å². The van der Waals surface area contributed by atoms with Gasteiger partial charge in [-0.05, 0) is 43.7 Å². The maximum absolute atomic E-state index is 11.4. The van der Waals surface area contributed by atoms with E-state index in [2.05, 4.69) is 12.2 Å². The smallest absolute Gasteiger partial charge is 0.175 e. The highest BCUT2D eigenvalue weighted by molar-refractivity contribution is 8.00. The Balaban J connectivity index is 2.09. The Bertz CT molecular complexity index is 564. The van der Waals surface area contributed by atoms with Crippen LogP contribution in [-0.4, -0.2) is 31.7 Å². The molecule has 1 saturated heterocycles. The minimum Gasteiger partial charge on any atom is -0.397 e. The van der Waals surface area contributed by atoms with Gasteiger partial charge in [-0.3, -0.25) is 0 Å². The molecule has 0 amide bonds. The Kier molecular flexibility index (Phi) is 4.01. The van der Waals surface area contributed by atoms with E-state index in [-0.39, 0.29) is 9.64 Å². The van der Waals surface area contributed by atoms with Gasteiger partial charge in [0, 0.05) is 17.5 Å². The number of nitrogens with one attached hydrogen (secondary N) is 1. The van der Waals surface area contributed by atoms with Crippen LogP contribution in [0.1, 0.15) is 19.8 Å². The largest absolute Gasteiger partial charge is 0.397 e. The maximum Gasteiger partial charge on any atom is 0.175 e. The first-order valence-electron chi connectivity index (χ1n) is 6.28. The predicted octanol–water partition coefficient (Wildman–Crippen LogP) is 2.37. The molecule has 0 aliphatic carbocycles. The fourth-order valence-corrected chi connectivity index (χ4v) is 4.09. The molecular formula is C13H20N2O2S2. The van der Waals surface area contributed by atoms with E-state index in [1.54, 1.807) is 12.1 Å². The standard InChI is InChI=1S/C13H20N2O2S2/c1-13(6-3-7-18-13)9-15-12-5-4-10(8-11(12)14)19(2,16)17/h4-5,8,15H,3,6-7,9,14H2,1-2H3. The average Bonchev–Trinajstić information content (AvgIpc) is 2.74. The number of benzene rings is 1. The Labute approximate surface area is 119 Å². The lowest BCUT2D eigenvalue weighted by Crippen LogP contribution is -2.27. The zero-order chi connectivity index (χ0) is 14.1. The molecule has 0 aromatic heterocycles. The Morgan fingerprint density at radius 3 is 2.74 bits per heavy atom. The van der Waals surface area contributed by atoms with Gasteiger partial charge >= 0.3 is 0 Å². The van der Waals surface area contributed by atoms with Crippen LogP contribution in [0, 0.1) is 0 Å². The number of nitrogens with two attached hydrogens (primary N) is 1. The monoisotopic (exact) mass is 300 g/mol. The van der Waals surface area contributed by atoms with Crippen LogP contribution in [-0.2, 0) is 9.84 Å². The molecule has 0 spiro atoms. The lowest BCUT2D eigenvalue weighted by molar-refractivity contribution is 0.602. The summed E-state index contributed by atoms with van der Waals surface area (Å²) in [6.07, 6.45) is 3.64. The van der Waals surface area contributed by atoms with E-state index < -0.39 is 9.84 Å². The van der Waals surface area contributed by atoms with Crippen LogP contribution in [0.25, 0.3) is 0 Å². The van der Waals surface area contributed by atoms with Gasteiger partial charge < -0.3 is 11.1 Å². The van der Waals surface area contributed by atoms with Crippen molar-refractivity contribution in [3.05, 3.63) is 18.2 Å². The highest BCUT2D eigenvalue weighted by atomic mass is 32.2. The zero-order valence-electron chi connectivity index (χ0n) is 11.3. The van der Waals surface area contributed by atoms with E-state index in [0.717, 1.165) is 12.2 Å². The van der Waals surface area contributed by atoms with E-state index in [1.165, 1.54) is 30.9 Å². The topological polar surface area (TPSA) is 72.2 Å². The maximum atomic E-state index is 11.4. The molecule has 0 radical (unpaired) electrons. The molecule has 6 heteroatoms. The van der Waals surface area contributed by atoms with Crippen molar-refractivity contribution in [1.82, 2.24) is 0 Å². The number of sulfone groups is 1. The second-order valence-corrected chi connectivity index (χ2v) is 8.97. The van der Waals surface area contributed by atoms with Gasteiger partial charge in [0.2, 0.25) is 0 Å². The first-order chi connectivity index (χ1) is 8.80. The Morgan fingerprint density at radius 2 is 2.21 bits per heavy atom. The molecule has 1 unspecified atom stereocenters. The first kappa shape index (κ1) is 14.5. The lowest BCUT2D eigenvalue weighted by atomic mass is 10.1. The molecule has 3 N–H and O–H groups in total. The van der Waals surface area contributed by atoms with Crippen molar-refractivity contribution < 1.29 is 8.42 Å². The van der Waals surface area contributed by atoms with Crippen molar-refractivity contribution in [1.29, 1.82) is 0 Å². The molecular weight excluding hydrogens is 280 g/mol. The van der Waals surface area contributed by atoms with Crippen LogP contribution in [0.5, 0.6) is 0 Å². The number of nitrogen functional groups attached to an aromatic ring is 1. The number of thioether (sulfide) groups is 1. The molecule has 19 heavy (non-hydrogen) atoms. The summed E-state index contributed by atoms with van der Waals surface area (Å²) in [5.74, 6) is 1.21. The van der Waals surface area contributed by atoms with Crippen LogP contribution >= 0.6 is 11.8 Å². The zero-order valence-corrected chi connectivity index (χ0v) is 12.9. The third kappa shape index (κ3) is 3.57. The van der Waals surface area contributed by atoms with Gasteiger partial charge in [0.25, 0.3) is 0 Å². The second-order valence-electron chi connectivity index (χ2n) is 5.28. The third-order valence-corrected chi connectivity index (χ3v) is 6.05. The van der Waals surface area contributed by atoms with Crippen molar-refractivity contribution in [2.75, 3.05) is 29.6 Å². The SMILES string of the molecule is CC1(CNc2ccc(S(C)(=O)=O)cc2N)CCCS1. The van der Waals surface area contributed by atoms with Gasteiger partial charge in [0.1, 0.15) is 0 Å². The average molecular weight is 300 g/mol.